The maximum absolute atomic E-state index is 12.7. The van der Waals surface area contributed by atoms with Gasteiger partial charge in [-0.25, -0.2) is 4.79 Å². The standard InChI is InChI=1S/C29H24N2O7/c1-36-19-8-6-17(7-9-19)12-26-28(33)22-11-10-20(14-25(22)38-26)37-16-27(32)31-24(29(34)35)13-18-15-30-23-5-3-2-4-21(18)23/h2-12,14-15,24,30H,13,16H2,1H3,(H,31,32)(H,34,35)/t24-/m1/s1. The van der Waals surface area contributed by atoms with E-state index >= 15 is 0 Å². The minimum absolute atomic E-state index is 0.114. The minimum Gasteiger partial charge on any atom is -0.497 e. The first kappa shape index (κ1) is 24.6. The molecule has 0 saturated carbocycles. The van der Waals surface area contributed by atoms with Crippen molar-refractivity contribution in [3.05, 3.63) is 95.4 Å². The first-order valence-corrected chi connectivity index (χ1v) is 11.8. The molecule has 1 atom stereocenters. The van der Waals surface area contributed by atoms with Crippen LogP contribution in [0.25, 0.3) is 17.0 Å². The van der Waals surface area contributed by atoms with E-state index in [1.54, 1.807) is 43.6 Å². The lowest BCUT2D eigenvalue weighted by Crippen LogP contribution is -2.44. The number of allylic oxidation sites excluding steroid dienone is 1. The lowest BCUT2D eigenvalue weighted by molar-refractivity contribution is -0.142. The van der Waals surface area contributed by atoms with Gasteiger partial charge in [0.05, 0.1) is 12.7 Å². The molecular formula is C29H24N2O7. The molecule has 0 radical (unpaired) electrons. The lowest BCUT2D eigenvalue weighted by Gasteiger charge is -2.15. The molecule has 9 heteroatoms. The Labute approximate surface area is 217 Å². The van der Waals surface area contributed by atoms with Crippen molar-refractivity contribution in [3.8, 4) is 17.2 Å². The number of amides is 1. The van der Waals surface area contributed by atoms with Gasteiger partial charge in [0.1, 0.15) is 23.3 Å². The monoisotopic (exact) mass is 512 g/mol. The molecule has 1 aliphatic heterocycles. The van der Waals surface area contributed by atoms with Crippen LogP contribution in [0.4, 0.5) is 0 Å². The Hall–Kier alpha value is -5.05. The van der Waals surface area contributed by atoms with E-state index in [-0.39, 0.29) is 18.0 Å². The van der Waals surface area contributed by atoms with Crippen LogP contribution in [-0.2, 0) is 16.0 Å². The van der Waals surface area contributed by atoms with Crippen LogP contribution < -0.4 is 19.5 Å². The number of aromatic amines is 1. The van der Waals surface area contributed by atoms with E-state index in [0.29, 0.717) is 22.8 Å². The summed E-state index contributed by atoms with van der Waals surface area (Å²) in [6.45, 7) is -0.404. The van der Waals surface area contributed by atoms with Crippen LogP contribution in [-0.4, -0.2) is 47.5 Å². The van der Waals surface area contributed by atoms with Crippen molar-refractivity contribution in [2.45, 2.75) is 12.5 Å². The van der Waals surface area contributed by atoms with E-state index in [1.165, 1.54) is 6.07 Å². The van der Waals surface area contributed by atoms with Crippen molar-refractivity contribution in [2.75, 3.05) is 13.7 Å². The summed E-state index contributed by atoms with van der Waals surface area (Å²) >= 11 is 0. The molecule has 5 rings (SSSR count). The lowest BCUT2D eigenvalue weighted by atomic mass is 10.1. The number of rotatable bonds is 9. The number of hydrogen-bond acceptors (Lipinski definition) is 6. The first-order valence-electron chi connectivity index (χ1n) is 11.8. The van der Waals surface area contributed by atoms with Gasteiger partial charge in [-0.05, 0) is 47.5 Å². The highest BCUT2D eigenvalue weighted by atomic mass is 16.5. The third-order valence-corrected chi connectivity index (χ3v) is 6.16. The fraction of sp³-hybridized carbons (Fsp3) is 0.138. The second-order valence-corrected chi connectivity index (χ2v) is 8.68. The molecule has 4 aromatic rings. The molecule has 0 bridgehead atoms. The number of para-hydroxylation sites is 1. The maximum atomic E-state index is 12.7. The Morgan fingerprint density at radius 1 is 1.08 bits per heavy atom. The molecule has 3 N–H and O–H groups in total. The number of carbonyl (C=O) groups excluding carboxylic acids is 2. The Kier molecular flexibility index (Phi) is 6.82. The molecular weight excluding hydrogens is 488 g/mol. The molecule has 2 heterocycles. The third-order valence-electron chi connectivity index (χ3n) is 6.16. The van der Waals surface area contributed by atoms with Crippen molar-refractivity contribution in [2.24, 2.45) is 0 Å². The van der Waals surface area contributed by atoms with Gasteiger partial charge in [-0.3, -0.25) is 9.59 Å². The maximum Gasteiger partial charge on any atom is 0.326 e. The van der Waals surface area contributed by atoms with E-state index in [2.05, 4.69) is 10.3 Å². The van der Waals surface area contributed by atoms with Crippen LogP contribution in [0.15, 0.2) is 78.7 Å². The van der Waals surface area contributed by atoms with Gasteiger partial charge < -0.3 is 29.6 Å². The highest BCUT2D eigenvalue weighted by Gasteiger charge is 2.28. The number of methoxy groups -OCH3 is 1. The van der Waals surface area contributed by atoms with E-state index in [9.17, 15) is 19.5 Å². The zero-order valence-electron chi connectivity index (χ0n) is 20.4. The van der Waals surface area contributed by atoms with Crippen LogP contribution in [0.2, 0.25) is 0 Å². The van der Waals surface area contributed by atoms with E-state index in [4.69, 9.17) is 14.2 Å². The highest BCUT2D eigenvalue weighted by molar-refractivity contribution is 6.14. The van der Waals surface area contributed by atoms with Crippen molar-refractivity contribution in [3.63, 3.8) is 0 Å². The molecule has 0 aliphatic carbocycles. The number of hydrogen-bond donors (Lipinski definition) is 3. The average Bonchev–Trinajstić information content (AvgIpc) is 3.47. The van der Waals surface area contributed by atoms with Crippen LogP contribution in [0, 0.1) is 0 Å². The molecule has 0 fully saturated rings. The predicted molar refractivity (Wildman–Crippen MR) is 139 cm³/mol. The molecule has 0 unspecified atom stereocenters. The van der Waals surface area contributed by atoms with Gasteiger partial charge in [-0.15, -0.1) is 0 Å². The average molecular weight is 513 g/mol. The van der Waals surface area contributed by atoms with Crippen molar-refractivity contribution in [1.29, 1.82) is 0 Å². The van der Waals surface area contributed by atoms with Gasteiger partial charge in [0.25, 0.3) is 5.91 Å². The van der Waals surface area contributed by atoms with Crippen LogP contribution in [0.3, 0.4) is 0 Å². The Morgan fingerprint density at radius 3 is 2.61 bits per heavy atom. The zero-order chi connectivity index (χ0) is 26.6. The van der Waals surface area contributed by atoms with Crippen LogP contribution in [0.5, 0.6) is 17.2 Å². The number of ketones is 1. The number of aromatic nitrogens is 1. The Balaban J connectivity index is 1.20. The quantitative estimate of drug-likeness (QED) is 0.290. The Morgan fingerprint density at radius 2 is 1.84 bits per heavy atom. The zero-order valence-corrected chi connectivity index (χ0v) is 20.4. The Bertz CT molecular complexity index is 1550. The minimum atomic E-state index is -1.15. The van der Waals surface area contributed by atoms with E-state index < -0.39 is 24.5 Å². The van der Waals surface area contributed by atoms with Crippen LogP contribution in [0.1, 0.15) is 21.5 Å². The van der Waals surface area contributed by atoms with E-state index in [1.807, 2.05) is 36.4 Å². The van der Waals surface area contributed by atoms with Crippen molar-refractivity contribution in [1.82, 2.24) is 10.3 Å². The van der Waals surface area contributed by atoms with Gasteiger partial charge in [0.15, 0.2) is 12.4 Å². The van der Waals surface area contributed by atoms with Crippen molar-refractivity contribution < 1.29 is 33.7 Å². The molecule has 1 amide bonds. The second-order valence-electron chi connectivity index (χ2n) is 8.68. The molecule has 9 nitrogen and oxygen atoms in total. The van der Waals surface area contributed by atoms with E-state index in [0.717, 1.165) is 22.0 Å². The summed E-state index contributed by atoms with van der Waals surface area (Å²) in [5, 5.41) is 13.1. The van der Waals surface area contributed by atoms with Gasteiger partial charge in [-0.2, -0.15) is 0 Å². The molecule has 3 aromatic carbocycles. The molecule has 0 spiro atoms. The number of fused-ring (bicyclic) bond motifs is 2. The normalized spacial score (nSPS) is 14.1. The summed E-state index contributed by atoms with van der Waals surface area (Å²) in [4.78, 5) is 40.1. The van der Waals surface area contributed by atoms with Gasteiger partial charge >= 0.3 is 5.97 Å². The summed E-state index contributed by atoms with van der Waals surface area (Å²) in [6, 6.07) is 18.2. The number of carboxylic acid groups (broad SMARTS) is 1. The summed E-state index contributed by atoms with van der Waals surface area (Å²) in [6.07, 6.45) is 3.49. The number of H-pyrrole nitrogens is 1. The van der Waals surface area contributed by atoms with Gasteiger partial charge in [0.2, 0.25) is 5.78 Å². The fourth-order valence-electron chi connectivity index (χ4n) is 4.21. The van der Waals surface area contributed by atoms with Crippen LogP contribution >= 0.6 is 0 Å². The summed E-state index contributed by atoms with van der Waals surface area (Å²) in [5.41, 5.74) is 2.83. The van der Waals surface area contributed by atoms with Crippen molar-refractivity contribution >= 4 is 34.6 Å². The number of benzene rings is 3. The van der Waals surface area contributed by atoms with Gasteiger partial charge in [-0.1, -0.05) is 30.3 Å². The number of ether oxygens (including phenoxy) is 3. The molecule has 38 heavy (non-hydrogen) atoms. The van der Waals surface area contributed by atoms with Gasteiger partial charge in [0, 0.05) is 29.6 Å². The number of nitrogens with one attached hydrogen (secondary N) is 2. The fourth-order valence-corrected chi connectivity index (χ4v) is 4.21. The highest BCUT2D eigenvalue weighted by Crippen LogP contribution is 2.35. The predicted octanol–water partition coefficient (Wildman–Crippen LogP) is 3.98. The summed E-state index contributed by atoms with van der Waals surface area (Å²) in [5.74, 6) is -0.508. The smallest absolute Gasteiger partial charge is 0.326 e. The SMILES string of the molecule is COc1ccc(C=C2Oc3cc(OCC(=O)N[C@H](Cc4c[nH]c5ccccc45)C(=O)O)ccc3C2=O)cc1. The number of carboxylic acids is 1. The molecule has 0 saturated heterocycles. The third kappa shape index (κ3) is 5.22. The molecule has 1 aliphatic rings. The topological polar surface area (TPSA) is 127 Å². The largest absolute Gasteiger partial charge is 0.497 e. The number of Topliss-reactive ketones (excluding diaryl/α,β-unsaturated/α-hetero) is 1. The molecule has 1 aromatic heterocycles. The summed E-state index contributed by atoms with van der Waals surface area (Å²) < 4.78 is 16.4. The number of carbonyl (C=O) groups is 3. The number of aliphatic carboxylic acids is 1. The first-order chi connectivity index (χ1) is 18.4. The summed E-state index contributed by atoms with van der Waals surface area (Å²) in [7, 11) is 1.58. The second kappa shape index (κ2) is 10.5. The molecule has 192 valence electrons.